The Bertz CT molecular complexity index is 429. The van der Waals surface area contributed by atoms with Crippen LogP contribution in [-0.4, -0.2) is 28.2 Å². The summed E-state index contributed by atoms with van der Waals surface area (Å²) in [6.45, 7) is 0.579. The van der Waals surface area contributed by atoms with E-state index in [4.69, 9.17) is 23.2 Å². The van der Waals surface area contributed by atoms with Crippen molar-refractivity contribution < 1.29 is 4.79 Å². The zero-order chi connectivity index (χ0) is 11.7. The number of halogens is 2. The summed E-state index contributed by atoms with van der Waals surface area (Å²) in [7, 11) is 0. The van der Waals surface area contributed by atoms with Gasteiger partial charge >= 0.3 is 0 Å². The molecule has 1 aromatic rings. The normalized spacial score (nSPS) is 20.6. The van der Waals surface area contributed by atoms with Gasteiger partial charge in [-0.3, -0.25) is 9.69 Å². The Morgan fingerprint density at radius 1 is 1.56 bits per heavy atom. The molecule has 0 spiro atoms. The molecule has 7 heteroatoms. The summed E-state index contributed by atoms with van der Waals surface area (Å²) in [6.07, 6.45) is 1.87. The second-order valence-corrected chi connectivity index (χ2v) is 4.68. The number of anilines is 1. The van der Waals surface area contributed by atoms with Gasteiger partial charge in [0.15, 0.2) is 5.82 Å². The van der Waals surface area contributed by atoms with E-state index < -0.39 is 0 Å². The van der Waals surface area contributed by atoms with Crippen LogP contribution >= 0.6 is 35.8 Å². The zero-order valence-corrected chi connectivity index (χ0v) is 10.6. The number of amides is 1. The van der Waals surface area contributed by atoms with Crippen LogP contribution in [0.1, 0.15) is 6.42 Å². The fourth-order valence-electron chi connectivity index (χ4n) is 1.64. The molecule has 0 aromatic carbocycles. The maximum atomic E-state index is 11.7. The van der Waals surface area contributed by atoms with Crippen LogP contribution in [0.5, 0.6) is 0 Å². The summed E-state index contributed by atoms with van der Waals surface area (Å²) in [5.41, 5.74) is 0. The maximum absolute atomic E-state index is 11.7. The molecule has 1 unspecified atom stereocenters. The van der Waals surface area contributed by atoms with Crippen LogP contribution in [0.15, 0.2) is 6.20 Å². The molecule has 86 valence electrons. The molecule has 1 fully saturated rings. The molecule has 1 aromatic heterocycles. The number of hydrogen-bond donors (Lipinski definition) is 1. The molecule has 2 heterocycles. The van der Waals surface area contributed by atoms with E-state index in [2.05, 4.69) is 22.6 Å². The predicted molar refractivity (Wildman–Crippen MR) is 66.4 cm³/mol. The van der Waals surface area contributed by atoms with Crippen molar-refractivity contribution in [3.8, 4) is 0 Å². The summed E-state index contributed by atoms with van der Waals surface area (Å²) in [5, 5.41) is 0.416. The van der Waals surface area contributed by atoms with Gasteiger partial charge in [0.25, 0.3) is 0 Å². The highest BCUT2D eigenvalue weighted by Gasteiger charge is 2.31. The lowest BCUT2D eigenvalue weighted by molar-refractivity contribution is -0.117. The summed E-state index contributed by atoms with van der Waals surface area (Å²) in [6, 6.07) is 0. The van der Waals surface area contributed by atoms with Gasteiger partial charge in [-0.1, -0.05) is 11.6 Å². The second kappa shape index (κ2) is 4.77. The van der Waals surface area contributed by atoms with Crippen LogP contribution in [0.25, 0.3) is 0 Å². The van der Waals surface area contributed by atoms with Gasteiger partial charge in [-0.25, -0.2) is 4.98 Å². The van der Waals surface area contributed by atoms with Crippen molar-refractivity contribution in [2.45, 2.75) is 6.42 Å². The van der Waals surface area contributed by atoms with Crippen molar-refractivity contribution in [3.63, 3.8) is 0 Å². The Balaban J connectivity index is 2.30. The Morgan fingerprint density at radius 3 is 2.94 bits per heavy atom. The fraction of sp³-hybridized carbons (Fsp3) is 0.444. The van der Waals surface area contributed by atoms with Crippen molar-refractivity contribution in [1.82, 2.24) is 9.97 Å². The van der Waals surface area contributed by atoms with Gasteiger partial charge in [-0.2, -0.15) is 17.6 Å². The van der Waals surface area contributed by atoms with Gasteiger partial charge in [0.05, 0.1) is 6.20 Å². The molecule has 0 radical (unpaired) electrons. The molecule has 1 aliphatic heterocycles. The monoisotopic (exact) mass is 277 g/mol. The van der Waals surface area contributed by atoms with Crippen molar-refractivity contribution in [2.75, 3.05) is 17.2 Å². The predicted octanol–water partition coefficient (Wildman–Crippen LogP) is 2.07. The molecule has 0 N–H and O–H groups in total. The zero-order valence-electron chi connectivity index (χ0n) is 8.23. The highest BCUT2D eigenvalue weighted by molar-refractivity contribution is 7.80. The maximum Gasteiger partial charge on any atom is 0.228 e. The van der Waals surface area contributed by atoms with Crippen LogP contribution in [0.2, 0.25) is 10.3 Å². The third kappa shape index (κ3) is 2.26. The number of aromatic nitrogens is 2. The Kier molecular flexibility index (Phi) is 3.56. The molecular weight excluding hydrogens is 269 g/mol. The van der Waals surface area contributed by atoms with Gasteiger partial charge in [0.1, 0.15) is 5.02 Å². The molecular formula is C9H9Cl2N3OS. The minimum absolute atomic E-state index is 0.00397. The number of carbonyl (C=O) groups excluding carboxylic acids is 1. The molecule has 0 bridgehead atoms. The van der Waals surface area contributed by atoms with Gasteiger partial charge in [-0.05, 0) is 23.3 Å². The smallest absolute Gasteiger partial charge is 0.228 e. The molecule has 16 heavy (non-hydrogen) atoms. The van der Waals surface area contributed by atoms with E-state index in [0.717, 1.165) is 0 Å². The van der Waals surface area contributed by atoms with E-state index in [1.54, 1.807) is 0 Å². The lowest BCUT2D eigenvalue weighted by atomic mass is 10.1. The average Bonchev–Trinajstić information content (AvgIpc) is 2.63. The molecule has 2 rings (SSSR count). The highest BCUT2D eigenvalue weighted by atomic mass is 35.5. The van der Waals surface area contributed by atoms with Crippen LogP contribution in [0.3, 0.4) is 0 Å². The van der Waals surface area contributed by atoms with Crippen LogP contribution < -0.4 is 4.90 Å². The summed E-state index contributed by atoms with van der Waals surface area (Å²) >= 11 is 15.8. The fourth-order valence-corrected chi connectivity index (χ4v) is 2.20. The Hall–Kier alpha value is -0.520. The first kappa shape index (κ1) is 12.0. The Labute approximate surface area is 108 Å². The van der Waals surface area contributed by atoms with Crippen LogP contribution in [0, 0.1) is 5.92 Å². The average molecular weight is 278 g/mol. The van der Waals surface area contributed by atoms with E-state index in [9.17, 15) is 4.79 Å². The third-order valence-electron chi connectivity index (χ3n) is 2.42. The van der Waals surface area contributed by atoms with Crippen molar-refractivity contribution in [2.24, 2.45) is 5.92 Å². The lowest BCUT2D eigenvalue weighted by Crippen LogP contribution is -2.26. The molecule has 1 amide bonds. The third-order valence-corrected chi connectivity index (χ3v) is 3.38. The molecule has 0 saturated carbocycles. The summed E-state index contributed by atoms with van der Waals surface area (Å²) < 4.78 is 0. The number of thiol groups is 1. The van der Waals surface area contributed by atoms with Crippen molar-refractivity contribution in [1.29, 1.82) is 0 Å². The molecule has 1 atom stereocenters. The molecule has 4 nitrogen and oxygen atoms in total. The second-order valence-electron chi connectivity index (χ2n) is 3.57. The number of rotatable bonds is 2. The first-order chi connectivity index (χ1) is 7.61. The molecule has 0 aliphatic carbocycles. The van der Waals surface area contributed by atoms with E-state index in [0.29, 0.717) is 29.6 Å². The largest absolute Gasteiger partial charge is 0.295 e. The first-order valence-corrected chi connectivity index (χ1v) is 6.10. The van der Waals surface area contributed by atoms with Gasteiger partial charge in [0.2, 0.25) is 11.2 Å². The number of carbonyl (C=O) groups is 1. The van der Waals surface area contributed by atoms with E-state index in [1.807, 2.05) is 0 Å². The van der Waals surface area contributed by atoms with Gasteiger partial charge in [-0.15, -0.1) is 0 Å². The summed E-state index contributed by atoms with van der Waals surface area (Å²) in [5.74, 6) is 1.28. The minimum atomic E-state index is -0.00397. The topological polar surface area (TPSA) is 46.1 Å². The standard InChI is InChI=1S/C9H9Cl2N3OS/c10-6-2-12-9(11)13-8(6)14-3-5(4-16)1-7(14)15/h2,5,16H,1,3-4H2. The number of hydrogen-bond acceptors (Lipinski definition) is 4. The molecule has 1 aliphatic rings. The summed E-state index contributed by atoms with van der Waals surface area (Å²) in [4.78, 5) is 21.0. The van der Waals surface area contributed by atoms with Crippen LogP contribution in [-0.2, 0) is 4.79 Å². The van der Waals surface area contributed by atoms with Gasteiger partial charge < -0.3 is 0 Å². The Morgan fingerprint density at radius 2 is 2.31 bits per heavy atom. The lowest BCUT2D eigenvalue weighted by Gasteiger charge is -2.16. The first-order valence-electron chi connectivity index (χ1n) is 4.71. The number of nitrogens with zero attached hydrogens (tertiary/aromatic N) is 3. The van der Waals surface area contributed by atoms with E-state index >= 15 is 0 Å². The highest BCUT2D eigenvalue weighted by Crippen LogP contribution is 2.29. The minimum Gasteiger partial charge on any atom is -0.295 e. The van der Waals surface area contributed by atoms with Crippen molar-refractivity contribution >= 4 is 47.6 Å². The SMILES string of the molecule is O=C1CC(CS)CN1c1nc(Cl)ncc1Cl. The quantitative estimate of drug-likeness (QED) is 0.665. The van der Waals surface area contributed by atoms with E-state index in [-0.39, 0.29) is 17.1 Å². The van der Waals surface area contributed by atoms with E-state index in [1.165, 1.54) is 11.1 Å². The van der Waals surface area contributed by atoms with Crippen molar-refractivity contribution in [3.05, 3.63) is 16.5 Å². The van der Waals surface area contributed by atoms with Crippen LogP contribution in [0.4, 0.5) is 5.82 Å². The van der Waals surface area contributed by atoms with Gasteiger partial charge in [0, 0.05) is 13.0 Å². The molecule has 1 saturated heterocycles.